The molecule has 4 heterocycles. The number of piperidine rings is 1. The number of benzene rings is 1. The maximum absolute atomic E-state index is 12.6. The van der Waals surface area contributed by atoms with Gasteiger partial charge in [-0.25, -0.2) is 4.79 Å². The van der Waals surface area contributed by atoms with Crippen molar-refractivity contribution in [3.05, 3.63) is 47.0 Å². The number of fused-ring (bicyclic) bond motifs is 2. The van der Waals surface area contributed by atoms with E-state index in [0.29, 0.717) is 28.7 Å². The van der Waals surface area contributed by atoms with Gasteiger partial charge in [0.1, 0.15) is 5.00 Å². The number of nitrogens with zero attached hydrogens (tertiary/aromatic N) is 1. The zero-order valence-corrected chi connectivity index (χ0v) is 14.9. The van der Waals surface area contributed by atoms with Crippen LogP contribution in [0.1, 0.15) is 52.0 Å². The molecule has 2 bridgehead atoms. The van der Waals surface area contributed by atoms with E-state index in [4.69, 9.17) is 4.74 Å². The first kappa shape index (κ1) is 16.1. The molecule has 25 heavy (non-hydrogen) atoms. The molecule has 1 aromatic heterocycles. The predicted octanol–water partition coefficient (Wildman–Crippen LogP) is 3.87. The van der Waals surface area contributed by atoms with E-state index in [0.717, 1.165) is 36.5 Å². The van der Waals surface area contributed by atoms with Gasteiger partial charge in [0, 0.05) is 24.2 Å². The number of carbonyl (C=O) groups excluding carboxylic acids is 2. The smallest absolute Gasteiger partial charge is 0.341 e. The van der Waals surface area contributed by atoms with Crippen molar-refractivity contribution in [3.8, 4) is 0 Å². The van der Waals surface area contributed by atoms with Crippen molar-refractivity contribution >= 4 is 33.2 Å². The Hall–Kier alpha value is -2.34. The van der Waals surface area contributed by atoms with Crippen LogP contribution in [0.25, 0.3) is 0 Å². The van der Waals surface area contributed by atoms with E-state index in [1.165, 1.54) is 11.3 Å². The van der Waals surface area contributed by atoms with E-state index in [-0.39, 0.29) is 11.9 Å². The Bertz CT molecular complexity index is 808. The van der Waals surface area contributed by atoms with Gasteiger partial charge in [-0.05, 0) is 37.8 Å². The number of ether oxygens (including phenoxy) is 1. The van der Waals surface area contributed by atoms with Crippen molar-refractivity contribution in [2.75, 3.05) is 29.9 Å². The van der Waals surface area contributed by atoms with Gasteiger partial charge in [0.15, 0.2) is 0 Å². The summed E-state index contributed by atoms with van der Waals surface area (Å²) in [7, 11) is 0. The first-order valence-corrected chi connectivity index (χ1v) is 9.45. The van der Waals surface area contributed by atoms with Crippen LogP contribution in [0.2, 0.25) is 0 Å². The fraction of sp³-hybridized carbons (Fsp3) is 0.368. The Morgan fingerprint density at radius 1 is 1.24 bits per heavy atom. The zero-order chi connectivity index (χ0) is 17.4. The first-order valence-electron chi connectivity index (χ1n) is 8.64. The molecule has 5 rings (SSSR count). The maximum Gasteiger partial charge on any atom is 0.341 e. The minimum absolute atomic E-state index is 0.202. The highest BCUT2D eigenvalue weighted by atomic mass is 32.1. The number of hydrogen-bond donors (Lipinski definition) is 1. The highest BCUT2D eigenvalue weighted by Gasteiger charge is 2.39. The lowest BCUT2D eigenvalue weighted by molar-refractivity contribution is 0.0526. The van der Waals surface area contributed by atoms with Crippen molar-refractivity contribution in [2.45, 2.75) is 25.7 Å². The standard InChI is InChI=1S/C19H20N2O3S/c1-2-24-19(23)15-14-12-8-10-21(11-9-12)18(14)25-17(15)20-16(22)13-6-4-3-5-7-13/h3-7,12H,2,8-11H2,1H3,(H,20,22). The van der Waals surface area contributed by atoms with Gasteiger partial charge >= 0.3 is 5.97 Å². The number of carbonyl (C=O) groups is 2. The molecule has 1 saturated heterocycles. The Labute approximate surface area is 150 Å². The minimum atomic E-state index is -0.336. The second kappa shape index (κ2) is 6.52. The van der Waals surface area contributed by atoms with Crippen LogP contribution in [-0.2, 0) is 4.74 Å². The third-order valence-electron chi connectivity index (χ3n) is 4.86. The molecule has 6 heteroatoms. The predicted molar refractivity (Wildman–Crippen MR) is 98.9 cm³/mol. The normalized spacial score (nSPS) is 15.8. The van der Waals surface area contributed by atoms with Crippen LogP contribution in [0.5, 0.6) is 0 Å². The summed E-state index contributed by atoms with van der Waals surface area (Å²) in [6.45, 7) is 4.16. The van der Waals surface area contributed by atoms with Gasteiger partial charge in [0.2, 0.25) is 0 Å². The Morgan fingerprint density at radius 2 is 1.96 bits per heavy atom. The van der Waals surface area contributed by atoms with Gasteiger partial charge in [-0.2, -0.15) is 0 Å². The largest absolute Gasteiger partial charge is 0.462 e. The molecule has 1 fully saturated rings. The van der Waals surface area contributed by atoms with Crippen LogP contribution in [-0.4, -0.2) is 31.6 Å². The molecule has 1 amide bonds. The molecule has 130 valence electrons. The highest BCUT2D eigenvalue weighted by Crippen LogP contribution is 2.51. The van der Waals surface area contributed by atoms with Gasteiger partial charge < -0.3 is 15.0 Å². The summed E-state index contributed by atoms with van der Waals surface area (Å²) < 4.78 is 5.29. The van der Waals surface area contributed by atoms with Crippen molar-refractivity contribution < 1.29 is 14.3 Å². The summed E-state index contributed by atoms with van der Waals surface area (Å²) in [5.74, 6) is -0.151. The fourth-order valence-corrected chi connectivity index (χ4v) is 5.00. The van der Waals surface area contributed by atoms with Crippen molar-refractivity contribution in [2.24, 2.45) is 0 Å². The molecule has 3 aliphatic rings. The number of hydrogen-bond acceptors (Lipinski definition) is 5. The number of nitrogens with one attached hydrogen (secondary N) is 1. The van der Waals surface area contributed by atoms with E-state index in [2.05, 4.69) is 10.2 Å². The molecule has 0 radical (unpaired) electrons. The van der Waals surface area contributed by atoms with Gasteiger partial charge in [0.05, 0.1) is 17.2 Å². The summed E-state index contributed by atoms with van der Waals surface area (Å²) in [5, 5.41) is 4.67. The summed E-state index contributed by atoms with van der Waals surface area (Å²) >= 11 is 1.50. The van der Waals surface area contributed by atoms with Gasteiger partial charge in [-0.15, -0.1) is 0 Å². The molecule has 0 saturated carbocycles. The topological polar surface area (TPSA) is 58.6 Å². The molecular formula is C19H20N2O3S. The van der Waals surface area contributed by atoms with Crippen molar-refractivity contribution in [1.82, 2.24) is 0 Å². The van der Waals surface area contributed by atoms with Crippen molar-refractivity contribution in [3.63, 3.8) is 0 Å². The lowest BCUT2D eigenvalue weighted by Gasteiger charge is -2.40. The lowest BCUT2D eigenvalue weighted by atomic mass is 9.84. The molecule has 0 aliphatic carbocycles. The molecule has 0 spiro atoms. The number of esters is 1. The molecule has 1 aromatic carbocycles. The third-order valence-corrected chi connectivity index (χ3v) is 6.04. The van der Waals surface area contributed by atoms with Crippen LogP contribution in [0, 0.1) is 0 Å². The SMILES string of the molecule is CCOC(=O)c1c(NC(=O)c2ccccc2)sc2c1C1CCN2CC1. The number of anilines is 2. The molecule has 2 aromatic rings. The number of rotatable bonds is 4. The summed E-state index contributed by atoms with van der Waals surface area (Å²) in [6, 6.07) is 9.05. The second-order valence-corrected chi connectivity index (χ2v) is 7.33. The van der Waals surface area contributed by atoms with Gasteiger partial charge in [-0.3, -0.25) is 4.79 Å². The van der Waals surface area contributed by atoms with E-state index in [9.17, 15) is 9.59 Å². The lowest BCUT2D eigenvalue weighted by Crippen LogP contribution is -2.38. The second-order valence-electron chi connectivity index (χ2n) is 6.33. The quantitative estimate of drug-likeness (QED) is 0.845. The molecule has 1 N–H and O–H groups in total. The number of thiophene rings is 1. The summed E-state index contributed by atoms with van der Waals surface area (Å²) in [4.78, 5) is 27.5. The average Bonchev–Trinajstić information content (AvgIpc) is 3.04. The summed E-state index contributed by atoms with van der Waals surface area (Å²) in [6.07, 6.45) is 2.12. The zero-order valence-electron chi connectivity index (χ0n) is 14.1. The van der Waals surface area contributed by atoms with Crippen LogP contribution in [0.15, 0.2) is 30.3 Å². The van der Waals surface area contributed by atoms with Gasteiger partial charge in [-0.1, -0.05) is 29.5 Å². The highest BCUT2D eigenvalue weighted by molar-refractivity contribution is 7.21. The molecular weight excluding hydrogens is 336 g/mol. The first-order chi connectivity index (χ1) is 12.2. The molecule has 3 aliphatic heterocycles. The third kappa shape index (κ3) is 2.80. The van der Waals surface area contributed by atoms with Crippen molar-refractivity contribution in [1.29, 1.82) is 0 Å². The van der Waals surface area contributed by atoms with Crippen LogP contribution >= 0.6 is 11.3 Å². The monoisotopic (exact) mass is 356 g/mol. The minimum Gasteiger partial charge on any atom is -0.462 e. The molecule has 0 atom stereocenters. The van der Waals surface area contributed by atoms with Crippen LogP contribution in [0.3, 0.4) is 0 Å². The van der Waals surface area contributed by atoms with E-state index in [1.807, 2.05) is 18.2 Å². The summed E-state index contributed by atoms with van der Waals surface area (Å²) in [5.41, 5.74) is 2.21. The number of amides is 1. The fourth-order valence-electron chi connectivity index (χ4n) is 3.68. The Balaban J connectivity index is 1.73. The Kier molecular flexibility index (Phi) is 4.21. The maximum atomic E-state index is 12.6. The van der Waals surface area contributed by atoms with Gasteiger partial charge in [0.25, 0.3) is 5.91 Å². The molecule has 0 unspecified atom stereocenters. The van der Waals surface area contributed by atoms with E-state index >= 15 is 0 Å². The van der Waals surface area contributed by atoms with Crippen LogP contribution < -0.4 is 10.2 Å². The Morgan fingerprint density at radius 3 is 2.64 bits per heavy atom. The average molecular weight is 356 g/mol. The molecule has 5 nitrogen and oxygen atoms in total. The van der Waals surface area contributed by atoms with E-state index in [1.54, 1.807) is 19.1 Å². The van der Waals surface area contributed by atoms with E-state index < -0.39 is 0 Å². The van der Waals surface area contributed by atoms with Crippen LogP contribution in [0.4, 0.5) is 10.0 Å².